The van der Waals surface area contributed by atoms with E-state index < -0.39 is 28.5 Å². The average Bonchev–Trinajstić information content (AvgIpc) is 2.74. The summed E-state index contributed by atoms with van der Waals surface area (Å²) in [4.78, 5) is 24.0. The van der Waals surface area contributed by atoms with E-state index in [-0.39, 0.29) is 10.5 Å². The largest absolute Gasteiger partial charge is 0.452 e. The van der Waals surface area contributed by atoms with Crippen molar-refractivity contribution in [1.29, 1.82) is 0 Å². The number of carbonyl (C=O) groups excluding carboxylic acids is 2. The number of hydrogen-bond acceptors (Lipinski definition) is 5. The number of rotatable bonds is 7. The van der Waals surface area contributed by atoms with E-state index in [1.807, 2.05) is 19.1 Å². The normalized spacial score (nSPS) is 10.8. The van der Waals surface area contributed by atoms with Gasteiger partial charge in [-0.25, -0.2) is 13.2 Å². The molecule has 0 aliphatic rings. The number of ether oxygens (including phenoxy) is 1. The maximum Gasteiger partial charge on any atom is 0.338 e. The van der Waals surface area contributed by atoms with Gasteiger partial charge in [0.2, 0.25) is 0 Å². The van der Waals surface area contributed by atoms with Crippen molar-refractivity contribution < 1.29 is 22.7 Å². The average molecular weight is 424 g/mol. The molecule has 3 aromatic carbocycles. The van der Waals surface area contributed by atoms with E-state index in [9.17, 15) is 18.0 Å². The van der Waals surface area contributed by atoms with Gasteiger partial charge in [0.25, 0.3) is 15.9 Å². The van der Waals surface area contributed by atoms with Crippen LogP contribution < -0.4 is 10.0 Å². The van der Waals surface area contributed by atoms with Gasteiger partial charge in [0.1, 0.15) is 0 Å². The molecule has 0 spiro atoms. The molecular weight excluding hydrogens is 404 g/mol. The minimum Gasteiger partial charge on any atom is -0.452 e. The predicted molar refractivity (Wildman–Crippen MR) is 114 cm³/mol. The van der Waals surface area contributed by atoms with Gasteiger partial charge in [-0.05, 0) is 55.5 Å². The van der Waals surface area contributed by atoms with Crippen molar-refractivity contribution in [2.24, 2.45) is 0 Å². The number of sulfonamides is 1. The number of para-hydroxylation sites is 1. The molecule has 0 saturated carbocycles. The minimum absolute atomic E-state index is 0.0000159. The van der Waals surface area contributed by atoms with Crippen LogP contribution >= 0.6 is 0 Å². The third kappa shape index (κ3) is 5.68. The van der Waals surface area contributed by atoms with E-state index in [0.29, 0.717) is 11.4 Å². The Hall–Kier alpha value is -3.65. The molecule has 0 bridgehead atoms. The Kier molecular flexibility index (Phi) is 6.48. The number of aryl methyl sites for hydroxylation is 1. The molecule has 0 aliphatic heterocycles. The Balaban J connectivity index is 1.56. The van der Waals surface area contributed by atoms with Crippen LogP contribution in [0.15, 0.2) is 83.8 Å². The lowest BCUT2D eigenvalue weighted by molar-refractivity contribution is -0.119. The van der Waals surface area contributed by atoms with Crippen LogP contribution in [0, 0.1) is 6.92 Å². The molecule has 0 heterocycles. The van der Waals surface area contributed by atoms with Gasteiger partial charge in [-0.3, -0.25) is 9.52 Å². The van der Waals surface area contributed by atoms with Gasteiger partial charge in [-0.2, -0.15) is 0 Å². The number of anilines is 2. The van der Waals surface area contributed by atoms with E-state index >= 15 is 0 Å². The van der Waals surface area contributed by atoms with E-state index in [4.69, 9.17) is 4.74 Å². The maximum absolute atomic E-state index is 12.4. The topological polar surface area (TPSA) is 102 Å². The Morgan fingerprint density at radius 2 is 1.47 bits per heavy atom. The fraction of sp³-hybridized carbons (Fsp3) is 0.0909. The molecule has 2 N–H and O–H groups in total. The molecule has 1 amide bonds. The molecule has 3 aromatic rings. The van der Waals surface area contributed by atoms with E-state index in [0.717, 1.165) is 5.56 Å². The van der Waals surface area contributed by atoms with Crippen LogP contribution in [0.5, 0.6) is 0 Å². The molecule has 0 saturated heterocycles. The molecule has 7 nitrogen and oxygen atoms in total. The van der Waals surface area contributed by atoms with Crippen molar-refractivity contribution in [2.45, 2.75) is 11.8 Å². The van der Waals surface area contributed by atoms with Crippen LogP contribution in [0.25, 0.3) is 0 Å². The van der Waals surface area contributed by atoms with Crippen LogP contribution in [-0.2, 0) is 19.6 Å². The third-order valence-corrected chi connectivity index (χ3v) is 5.49. The molecule has 0 aromatic heterocycles. The second-order valence-corrected chi connectivity index (χ2v) is 8.17. The molecule has 0 radical (unpaired) electrons. The summed E-state index contributed by atoms with van der Waals surface area (Å²) in [6.45, 7) is 1.48. The van der Waals surface area contributed by atoms with E-state index in [1.54, 1.807) is 42.5 Å². The lowest BCUT2D eigenvalue weighted by Gasteiger charge is -2.09. The highest BCUT2D eigenvalue weighted by Crippen LogP contribution is 2.17. The summed E-state index contributed by atoms with van der Waals surface area (Å²) in [6.07, 6.45) is 0. The quantitative estimate of drug-likeness (QED) is 0.565. The SMILES string of the molecule is Cc1ccc(NC(=O)COC(=O)c2ccc(S(=O)(=O)Nc3ccccc3)cc2)cc1. The molecule has 154 valence electrons. The number of benzene rings is 3. The maximum atomic E-state index is 12.4. The second kappa shape index (κ2) is 9.23. The highest BCUT2D eigenvalue weighted by molar-refractivity contribution is 7.92. The number of amides is 1. The highest BCUT2D eigenvalue weighted by Gasteiger charge is 2.16. The van der Waals surface area contributed by atoms with Crippen molar-refractivity contribution in [3.05, 3.63) is 90.0 Å². The van der Waals surface area contributed by atoms with E-state index in [1.165, 1.54) is 24.3 Å². The first-order valence-corrected chi connectivity index (χ1v) is 10.5. The number of carbonyl (C=O) groups is 2. The lowest BCUT2D eigenvalue weighted by Crippen LogP contribution is -2.21. The molecular formula is C22H20N2O5S. The van der Waals surface area contributed by atoms with Gasteiger partial charge < -0.3 is 10.1 Å². The van der Waals surface area contributed by atoms with Crippen molar-refractivity contribution in [1.82, 2.24) is 0 Å². The van der Waals surface area contributed by atoms with Crippen LogP contribution in [0.4, 0.5) is 11.4 Å². The number of esters is 1. The smallest absolute Gasteiger partial charge is 0.338 e. The third-order valence-electron chi connectivity index (χ3n) is 4.10. The zero-order valence-corrected chi connectivity index (χ0v) is 17.0. The zero-order valence-electron chi connectivity index (χ0n) is 16.2. The second-order valence-electron chi connectivity index (χ2n) is 6.49. The fourth-order valence-corrected chi connectivity index (χ4v) is 3.60. The summed E-state index contributed by atoms with van der Waals surface area (Å²) in [7, 11) is -3.79. The Bertz CT molecular complexity index is 1130. The summed E-state index contributed by atoms with van der Waals surface area (Å²) in [5.41, 5.74) is 2.23. The van der Waals surface area contributed by atoms with Crippen LogP contribution in [0.2, 0.25) is 0 Å². The first-order valence-electron chi connectivity index (χ1n) is 9.05. The monoisotopic (exact) mass is 424 g/mol. The molecule has 0 atom stereocenters. The summed E-state index contributed by atoms with van der Waals surface area (Å²) in [6, 6.07) is 20.9. The summed E-state index contributed by atoms with van der Waals surface area (Å²) in [5, 5.41) is 2.62. The zero-order chi connectivity index (χ0) is 21.6. The van der Waals surface area contributed by atoms with Crippen molar-refractivity contribution >= 4 is 33.3 Å². The predicted octanol–water partition coefficient (Wildman–Crippen LogP) is 3.59. The van der Waals surface area contributed by atoms with Gasteiger partial charge >= 0.3 is 5.97 Å². The minimum atomic E-state index is -3.79. The van der Waals surface area contributed by atoms with Crippen LogP contribution in [0.1, 0.15) is 15.9 Å². The molecule has 0 aliphatic carbocycles. The molecule has 0 unspecified atom stereocenters. The van der Waals surface area contributed by atoms with Crippen molar-refractivity contribution in [3.63, 3.8) is 0 Å². The molecule has 0 fully saturated rings. The number of nitrogens with one attached hydrogen (secondary N) is 2. The van der Waals surface area contributed by atoms with Crippen molar-refractivity contribution in [3.8, 4) is 0 Å². The van der Waals surface area contributed by atoms with Gasteiger partial charge in [0, 0.05) is 11.4 Å². The van der Waals surface area contributed by atoms with Crippen LogP contribution in [0.3, 0.4) is 0 Å². The number of hydrogen-bond donors (Lipinski definition) is 2. The highest BCUT2D eigenvalue weighted by atomic mass is 32.2. The van der Waals surface area contributed by atoms with Gasteiger partial charge in [0.15, 0.2) is 6.61 Å². The van der Waals surface area contributed by atoms with Crippen molar-refractivity contribution in [2.75, 3.05) is 16.6 Å². The van der Waals surface area contributed by atoms with E-state index in [2.05, 4.69) is 10.0 Å². The summed E-state index contributed by atoms with van der Waals surface area (Å²) in [5.74, 6) is -1.20. The molecule has 8 heteroatoms. The Morgan fingerprint density at radius 1 is 0.833 bits per heavy atom. The standard InChI is InChI=1S/C22H20N2O5S/c1-16-7-11-18(12-8-16)23-21(25)15-29-22(26)17-9-13-20(14-10-17)30(27,28)24-19-5-3-2-4-6-19/h2-14,24H,15H2,1H3,(H,23,25). The molecule has 30 heavy (non-hydrogen) atoms. The van der Waals surface area contributed by atoms with Gasteiger partial charge in [-0.1, -0.05) is 35.9 Å². The van der Waals surface area contributed by atoms with Crippen LogP contribution in [-0.4, -0.2) is 26.9 Å². The Morgan fingerprint density at radius 3 is 2.10 bits per heavy atom. The first kappa shape index (κ1) is 21.1. The Labute approximate surface area is 174 Å². The summed E-state index contributed by atoms with van der Waals surface area (Å²) >= 11 is 0. The van der Waals surface area contributed by atoms with Gasteiger partial charge in [0.05, 0.1) is 10.5 Å². The van der Waals surface area contributed by atoms with Gasteiger partial charge in [-0.15, -0.1) is 0 Å². The first-order chi connectivity index (χ1) is 14.3. The molecule has 3 rings (SSSR count). The summed E-state index contributed by atoms with van der Waals surface area (Å²) < 4.78 is 32.3. The lowest BCUT2D eigenvalue weighted by atomic mass is 10.2. The fourth-order valence-electron chi connectivity index (χ4n) is 2.54.